The van der Waals surface area contributed by atoms with Gasteiger partial charge in [0, 0.05) is 56.4 Å². The summed E-state index contributed by atoms with van der Waals surface area (Å²) < 4.78 is 1.85. The van der Waals surface area contributed by atoms with E-state index in [1.54, 1.807) is 6.20 Å². The quantitative estimate of drug-likeness (QED) is 0.724. The van der Waals surface area contributed by atoms with Crippen molar-refractivity contribution >= 4 is 17.5 Å². The van der Waals surface area contributed by atoms with Crippen molar-refractivity contribution in [2.24, 2.45) is 5.92 Å². The summed E-state index contributed by atoms with van der Waals surface area (Å²) in [5, 5.41) is 11.1. The van der Waals surface area contributed by atoms with Crippen LogP contribution < -0.4 is 10.2 Å². The Kier molecular flexibility index (Phi) is 5.04. The fourth-order valence-corrected chi connectivity index (χ4v) is 4.43. The minimum absolute atomic E-state index is 0.0250. The maximum Gasteiger partial charge on any atom is 0.321 e. The molecule has 4 heterocycles. The van der Waals surface area contributed by atoms with Gasteiger partial charge in [0.15, 0.2) is 0 Å². The summed E-state index contributed by atoms with van der Waals surface area (Å²) in [6.45, 7) is 3.87. The summed E-state index contributed by atoms with van der Waals surface area (Å²) in [7, 11) is 0. The molecule has 1 unspecified atom stereocenters. The normalized spacial score (nSPS) is 18.3. The lowest BCUT2D eigenvalue weighted by molar-refractivity contribution is 0.168. The fourth-order valence-electron chi connectivity index (χ4n) is 4.43. The zero-order valence-corrected chi connectivity index (χ0v) is 16.8. The van der Waals surface area contributed by atoms with Crippen LogP contribution in [0.25, 0.3) is 0 Å². The highest BCUT2D eigenvalue weighted by Crippen LogP contribution is 2.32. The molecular weight excluding hydrogens is 378 g/mol. The Morgan fingerprint density at radius 3 is 2.93 bits per heavy atom. The Morgan fingerprint density at radius 2 is 2.10 bits per heavy atom. The summed E-state index contributed by atoms with van der Waals surface area (Å²) in [5.74, 6) is 1.35. The highest BCUT2D eigenvalue weighted by molar-refractivity contribution is 5.90. The molecule has 1 atom stereocenters. The average Bonchev–Trinajstić information content (AvgIpc) is 3.45. The number of benzene rings is 1. The Hall–Kier alpha value is -3.42. The second-order valence-electron chi connectivity index (χ2n) is 8.00. The van der Waals surface area contributed by atoms with E-state index in [1.807, 2.05) is 52.3 Å². The largest absolute Gasteiger partial charge is 0.348 e. The molecule has 0 bridgehead atoms. The molecule has 8 heteroatoms. The number of nitrogens with one attached hydrogen (secondary N) is 1. The Bertz CT molecular complexity index is 1010. The molecule has 1 saturated heterocycles. The summed E-state index contributed by atoms with van der Waals surface area (Å²) in [6, 6.07) is 12.1. The van der Waals surface area contributed by atoms with Gasteiger partial charge in [0.1, 0.15) is 5.82 Å². The van der Waals surface area contributed by atoms with E-state index in [1.165, 1.54) is 11.1 Å². The summed E-state index contributed by atoms with van der Waals surface area (Å²) in [6.07, 6.45) is 7.49. The van der Waals surface area contributed by atoms with Crippen molar-refractivity contribution in [2.75, 3.05) is 23.3 Å². The lowest BCUT2D eigenvalue weighted by atomic mass is 9.98. The third kappa shape index (κ3) is 3.85. The van der Waals surface area contributed by atoms with Gasteiger partial charge >= 0.3 is 6.03 Å². The van der Waals surface area contributed by atoms with E-state index in [-0.39, 0.29) is 6.03 Å². The lowest BCUT2D eigenvalue weighted by Gasteiger charge is -2.32. The van der Waals surface area contributed by atoms with Crippen LogP contribution in [-0.2, 0) is 19.6 Å². The maximum absolute atomic E-state index is 13.0. The summed E-state index contributed by atoms with van der Waals surface area (Å²) in [5.41, 5.74) is 3.31. The van der Waals surface area contributed by atoms with Crippen molar-refractivity contribution in [2.45, 2.75) is 32.5 Å². The molecule has 3 aromatic rings. The molecule has 2 aliphatic heterocycles. The number of aromatic nitrogens is 4. The monoisotopic (exact) mass is 403 g/mol. The third-order valence-corrected chi connectivity index (χ3v) is 5.92. The van der Waals surface area contributed by atoms with Crippen molar-refractivity contribution in [3.8, 4) is 0 Å². The topological polar surface area (TPSA) is 79.2 Å². The highest BCUT2D eigenvalue weighted by atomic mass is 16.2. The van der Waals surface area contributed by atoms with Crippen LogP contribution in [0.4, 0.5) is 16.3 Å². The van der Waals surface area contributed by atoms with Crippen molar-refractivity contribution in [3.05, 3.63) is 66.1 Å². The predicted molar refractivity (Wildman–Crippen MR) is 114 cm³/mol. The average molecular weight is 403 g/mol. The number of nitrogens with zero attached hydrogens (tertiary/aromatic N) is 6. The van der Waals surface area contributed by atoms with Crippen LogP contribution in [0.1, 0.15) is 24.0 Å². The molecule has 1 N–H and O–H groups in total. The number of carbonyl (C=O) groups is 1. The SMILES string of the molecule is O=C(Nc1cccc2c1CN(c1ccccn1)C2)N1CCCC(Cn2ccnn2)C1. The molecule has 5 rings (SSSR count). The van der Waals surface area contributed by atoms with Crippen molar-refractivity contribution in [1.29, 1.82) is 0 Å². The van der Waals surface area contributed by atoms with E-state index < -0.39 is 0 Å². The van der Waals surface area contributed by atoms with E-state index >= 15 is 0 Å². The van der Waals surface area contributed by atoms with E-state index in [0.717, 1.165) is 57.1 Å². The molecule has 2 aromatic heterocycles. The second-order valence-corrected chi connectivity index (χ2v) is 8.00. The number of amides is 2. The van der Waals surface area contributed by atoms with Gasteiger partial charge in [0.05, 0.1) is 6.20 Å². The number of rotatable bonds is 4. The van der Waals surface area contributed by atoms with Gasteiger partial charge in [-0.1, -0.05) is 23.4 Å². The van der Waals surface area contributed by atoms with Crippen LogP contribution in [0.3, 0.4) is 0 Å². The van der Waals surface area contributed by atoms with E-state index in [2.05, 4.69) is 31.6 Å². The van der Waals surface area contributed by atoms with Crippen LogP contribution in [0, 0.1) is 5.92 Å². The Balaban J connectivity index is 1.26. The molecule has 1 fully saturated rings. The number of pyridine rings is 1. The number of likely N-dealkylation sites (tertiary alicyclic amines) is 1. The first kappa shape index (κ1) is 18.6. The number of fused-ring (bicyclic) bond motifs is 1. The first-order valence-corrected chi connectivity index (χ1v) is 10.4. The van der Waals surface area contributed by atoms with Crippen molar-refractivity contribution < 1.29 is 4.79 Å². The maximum atomic E-state index is 13.0. The summed E-state index contributed by atoms with van der Waals surface area (Å²) >= 11 is 0. The van der Waals surface area contributed by atoms with Crippen molar-refractivity contribution in [1.82, 2.24) is 24.9 Å². The van der Waals surface area contributed by atoms with Gasteiger partial charge in [-0.2, -0.15) is 0 Å². The molecule has 0 radical (unpaired) electrons. The number of hydrogen-bond acceptors (Lipinski definition) is 5. The molecule has 2 amide bonds. The molecule has 2 aliphatic rings. The van der Waals surface area contributed by atoms with Gasteiger partial charge in [-0.15, -0.1) is 5.10 Å². The number of piperidine rings is 1. The molecule has 0 saturated carbocycles. The first-order valence-electron chi connectivity index (χ1n) is 10.4. The summed E-state index contributed by atoms with van der Waals surface area (Å²) in [4.78, 5) is 21.6. The van der Waals surface area contributed by atoms with Crippen LogP contribution in [-0.4, -0.2) is 44.0 Å². The number of hydrogen-bond donors (Lipinski definition) is 1. The zero-order valence-electron chi connectivity index (χ0n) is 16.8. The molecule has 1 aromatic carbocycles. The van der Waals surface area contributed by atoms with Gasteiger partial charge in [0.25, 0.3) is 0 Å². The van der Waals surface area contributed by atoms with Gasteiger partial charge in [-0.3, -0.25) is 4.68 Å². The smallest absolute Gasteiger partial charge is 0.321 e. The lowest BCUT2D eigenvalue weighted by Crippen LogP contribution is -2.43. The minimum atomic E-state index is -0.0250. The van der Waals surface area contributed by atoms with E-state index in [0.29, 0.717) is 5.92 Å². The highest BCUT2D eigenvalue weighted by Gasteiger charge is 2.27. The minimum Gasteiger partial charge on any atom is -0.348 e. The second kappa shape index (κ2) is 8.14. The van der Waals surface area contributed by atoms with E-state index in [9.17, 15) is 4.79 Å². The number of urea groups is 1. The van der Waals surface area contributed by atoms with Crippen molar-refractivity contribution in [3.63, 3.8) is 0 Å². The van der Waals surface area contributed by atoms with Crippen LogP contribution in [0.15, 0.2) is 55.0 Å². The van der Waals surface area contributed by atoms with Gasteiger partial charge in [-0.05, 0) is 42.5 Å². The van der Waals surface area contributed by atoms with E-state index in [4.69, 9.17) is 0 Å². The van der Waals surface area contributed by atoms with Gasteiger partial charge < -0.3 is 15.1 Å². The number of anilines is 2. The molecule has 0 spiro atoms. The predicted octanol–water partition coefficient (Wildman–Crippen LogP) is 3.14. The molecule has 30 heavy (non-hydrogen) atoms. The number of carbonyl (C=O) groups excluding carboxylic acids is 1. The van der Waals surface area contributed by atoms with Gasteiger partial charge in [0.2, 0.25) is 0 Å². The fraction of sp³-hybridized carbons (Fsp3) is 0.364. The third-order valence-electron chi connectivity index (χ3n) is 5.92. The van der Waals surface area contributed by atoms with Crippen LogP contribution >= 0.6 is 0 Å². The Morgan fingerprint density at radius 1 is 1.13 bits per heavy atom. The zero-order chi connectivity index (χ0) is 20.3. The van der Waals surface area contributed by atoms with Crippen LogP contribution in [0.5, 0.6) is 0 Å². The van der Waals surface area contributed by atoms with Crippen LogP contribution in [0.2, 0.25) is 0 Å². The molecule has 8 nitrogen and oxygen atoms in total. The first-order chi connectivity index (χ1) is 14.8. The molecule has 154 valence electrons. The Labute approximate surface area is 175 Å². The van der Waals surface area contributed by atoms with Gasteiger partial charge in [-0.25, -0.2) is 9.78 Å². The molecular formula is C22H25N7O. The molecule has 0 aliphatic carbocycles. The standard InChI is InChI=1S/C22H25N7O/c30-22(27-11-4-5-17(13-27)14-29-12-10-24-26-29)25-20-7-3-6-18-15-28(16-19(18)20)21-8-1-2-9-23-21/h1-3,6-10,12,17H,4-5,11,13-16H2,(H,25,30).